The molecule has 3 heteroatoms. The molecule has 2 unspecified atom stereocenters. The fourth-order valence-corrected chi connectivity index (χ4v) is 4.04. The fourth-order valence-electron chi connectivity index (χ4n) is 4.04. The Morgan fingerprint density at radius 1 is 0.828 bits per heavy atom. The van der Waals surface area contributed by atoms with E-state index in [1.165, 1.54) is 0 Å². The van der Waals surface area contributed by atoms with E-state index in [0.717, 1.165) is 28.2 Å². The summed E-state index contributed by atoms with van der Waals surface area (Å²) in [7, 11) is 1.66. The molecule has 0 aromatic heterocycles. The highest BCUT2D eigenvalue weighted by molar-refractivity contribution is 6.11. The third kappa shape index (κ3) is 3.50. The predicted octanol–water partition coefficient (Wildman–Crippen LogP) is 4.99. The van der Waals surface area contributed by atoms with Crippen molar-refractivity contribution in [3.63, 3.8) is 0 Å². The molecule has 1 aliphatic heterocycles. The molecule has 1 aliphatic rings. The van der Waals surface area contributed by atoms with E-state index < -0.39 is 5.60 Å². The van der Waals surface area contributed by atoms with Crippen LogP contribution in [0, 0.1) is 5.92 Å². The van der Waals surface area contributed by atoms with Crippen molar-refractivity contribution in [2.24, 2.45) is 10.9 Å². The molecule has 29 heavy (non-hydrogen) atoms. The van der Waals surface area contributed by atoms with Gasteiger partial charge in [-0.15, -0.1) is 0 Å². The van der Waals surface area contributed by atoms with Crippen molar-refractivity contribution >= 4 is 5.71 Å². The maximum Gasteiger partial charge on any atom is 0.137 e. The number of dihydropyridines is 1. The molecule has 3 aromatic rings. The van der Waals surface area contributed by atoms with Gasteiger partial charge in [-0.1, -0.05) is 85.8 Å². The number of methoxy groups -OCH3 is 1. The van der Waals surface area contributed by atoms with E-state index in [4.69, 9.17) is 9.73 Å². The van der Waals surface area contributed by atoms with Gasteiger partial charge < -0.3 is 9.84 Å². The number of aliphatic hydroxyl groups is 1. The van der Waals surface area contributed by atoms with Crippen LogP contribution in [0.1, 0.15) is 23.6 Å². The molecule has 3 aromatic carbocycles. The molecule has 2 atom stereocenters. The molecule has 1 N–H and O–H groups in total. The van der Waals surface area contributed by atoms with Crippen LogP contribution in [0.15, 0.2) is 102 Å². The van der Waals surface area contributed by atoms with Gasteiger partial charge in [0.05, 0.1) is 18.9 Å². The number of allylic oxidation sites excluding steroid dienone is 1. The topological polar surface area (TPSA) is 41.8 Å². The van der Waals surface area contributed by atoms with Crippen LogP contribution in [0.4, 0.5) is 0 Å². The number of aliphatic imine (C=N–C) groups is 1. The van der Waals surface area contributed by atoms with Gasteiger partial charge in [0.2, 0.25) is 0 Å². The minimum absolute atomic E-state index is 0.0545. The Kier molecular flexibility index (Phi) is 5.32. The number of para-hydroxylation sites is 1. The normalized spacial score (nSPS) is 18.9. The molecule has 0 amide bonds. The fraction of sp³-hybridized carbons (Fsp3) is 0.192. The van der Waals surface area contributed by atoms with Crippen molar-refractivity contribution < 1.29 is 9.84 Å². The van der Waals surface area contributed by atoms with E-state index in [-0.39, 0.29) is 12.0 Å². The Balaban J connectivity index is 1.88. The molecule has 0 aliphatic carbocycles. The van der Waals surface area contributed by atoms with E-state index in [9.17, 15) is 5.11 Å². The third-order valence-corrected chi connectivity index (χ3v) is 5.57. The summed E-state index contributed by atoms with van der Waals surface area (Å²) in [5.41, 5.74) is 2.16. The second-order valence-corrected chi connectivity index (χ2v) is 7.38. The van der Waals surface area contributed by atoms with Crippen LogP contribution in [-0.2, 0) is 5.60 Å². The number of rotatable bonds is 5. The number of nitrogens with zero attached hydrogens (tertiary/aromatic N) is 1. The molecular weight excluding hydrogens is 358 g/mol. The minimum atomic E-state index is -1.25. The van der Waals surface area contributed by atoms with Gasteiger partial charge in [0.15, 0.2) is 0 Å². The van der Waals surface area contributed by atoms with Gasteiger partial charge in [-0.05, 0) is 29.3 Å². The van der Waals surface area contributed by atoms with E-state index in [0.29, 0.717) is 0 Å². The third-order valence-electron chi connectivity index (χ3n) is 5.57. The van der Waals surface area contributed by atoms with Crippen molar-refractivity contribution in [3.05, 3.63) is 114 Å². The molecule has 0 fully saturated rings. The van der Waals surface area contributed by atoms with Crippen molar-refractivity contribution in [1.29, 1.82) is 0 Å². The van der Waals surface area contributed by atoms with Crippen LogP contribution in [0.2, 0.25) is 0 Å². The summed E-state index contributed by atoms with van der Waals surface area (Å²) >= 11 is 0. The summed E-state index contributed by atoms with van der Waals surface area (Å²) < 4.78 is 5.54. The van der Waals surface area contributed by atoms with Crippen molar-refractivity contribution in [2.45, 2.75) is 18.6 Å². The van der Waals surface area contributed by atoms with E-state index >= 15 is 0 Å². The first kappa shape index (κ1) is 19.2. The van der Waals surface area contributed by atoms with Crippen LogP contribution in [0.25, 0.3) is 0 Å². The monoisotopic (exact) mass is 383 g/mol. The Bertz CT molecular complexity index is 985. The predicted molar refractivity (Wildman–Crippen MR) is 118 cm³/mol. The molecule has 4 rings (SSSR count). The number of benzene rings is 3. The summed E-state index contributed by atoms with van der Waals surface area (Å²) in [6.07, 6.45) is 4.14. The second kappa shape index (κ2) is 8.06. The second-order valence-electron chi connectivity index (χ2n) is 7.38. The molecule has 0 bridgehead atoms. The molecular formula is C26H25NO2. The average Bonchev–Trinajstić information content (AvgIpc) is 2.80. The molecule has 0 saturated heterocycles. The number of hydrogen-bond donors (Lipinski definition) is 1. The summed E-state index contributed by atoms with van der Waals surface area (Å²) in [4.78, 5) is 5.07. The van der Waals surface area contributed by atoms with Crippen LogP contribution in [0.3, 0.4) is 0 Å². The van der Waals surface area contributed by atoms with E-state index in [1.54, 1.807) is 7.11 Å². The lowest BCUT2D eigenvalue weighted by molar-refractivity contribution is 0.0400. The first-order valence-electron chi connectivity index (χ1n) is 9.87. The van der Waals surface area contributed by atoms with Crippen LogP contribution < -0.4 is 4.74 Å². The Hall–Kier alpha value is -3.17. The highest BCUT2D eigenvalue weighted by Gasteiger charge is 2.43. The van der Waals surface area contributed by atoms with Crippen LogP contribution >= 0.6 is 0 Å². The van der Waals surface area contributed by atoms with Crippen LogP contribution in [-0.4, -0.2) is 24.0 Å². The maximum absolute atomic E-state index is 12.2. The lowest BCUT2D eigenvalue weighted by Gasteiger charge is -2.39. The lowest BCUT2D eigenvalue weighted by atomic mass is 9.74. The van der Waals surface area contributed by atoms with E-state index in [2.05, 4.69) is 13.0 Å². The first-order chi connectivity index (χ1) is 14.1. The van der Waals surface area contributed by atoms with Gasteiger partial charge in [0.1, 0.15) is 11.4 Å². The zero-order valence-electron chi connectivity index (χ0n) is 16.7. The zero-order valence-corrected chi connectivity index (χ0v) is 16.7. The van der Waals surface area contributed by atoms with Gasteiger partial charge in [-0.3, -0.25) is 4.99 Å². The van der Waals surface area contributed by atoms with Crippen LogP contribution in [0.5, 0.6) is 5.75 Å². The standard InChI is InChI=1S/C26H25NO2/c1-19-17-18-23(22-15-9-10-16-24(22)29-2)27-25(19)26(28,20-11-5-3-6-12-20)21-13-7-4-8-14-21/h3-19,25,28H,1-2H3. The molecule has 0 spiro atoms. The summed E-state index contributed by atoms with van der Waals surface area (Å²) in [6.45, 7) is 2.10. The average molecular weight is 383 g/mol. The number of hydrogen-bond acceptors (Lipinski definition) is 3. The lowest BCUT2D eigenvalue weighted by Crippen LogP contribution is -2.44. The van der Waals surface area contributed by atoms with Crippen molar-refractivity contribution in [3.8, 4) is 5.75 Å². The molecule has 0 saturated carbocycles. The zero-order chi connectivity index (χ0) is 20.3. The molecule has 1 heterocycles. The maximum atomic E-state index is 12.2. The summed E-state index contributed by atoms with van der Waals surface area (Å²) in [5.74, 6) is 0.825. The smallest absolute Gasteiger partial charge is 0.137 e. The quantitative estimate of drug-likeness (QED) is 0.674. The molecule has 3 nitrogen and oxygen atoms in total. The highest BCUT2D eigenvalue weighted by atomic mass is 16.5. The van der Waals surface area contributed by atoms with Gasteiger partial charge in [0.25, 0.3) is 0 Å². The van der Waals surface area contributed by atoms with Gasteiger partial charge >= 0.3 is 0 Å². The largest absolute Gasteiger partial charge is 0.496 e. The van der Waals surface area contributed by atoms with Crippen molar-refractivity contribution in [2.75, 3.05) is 7.11 Å². The van der Waals surface area contributed by atoms with E-state index in [1.807, 2.05) is 91.0 Å². The molecule has 146 valence electrons. The van der Waals surface area contributed by atoms with Gasteiger partial charge in [0, 0.05) is 11.5 Å². The Morgan fingerprint density at radius 2 is 1.38 bits per heavy atom. The summed E-state index contributed by atoms with van der Waals surface area (Å²) in [6, 6.07) is 27.1. The van der Waals surface area contributed by atoms with Gasteiger partial charge in [-0.25, -0.2) is 0 Å². The summed E-state index contributed by atoms with van der Waals surface area (Å²) in [5, 5.41) is 12.2. The Morgan fingerprint density at radius 3 is 1.97 bits per heavy atom. The SMILES string of the molecule is COc1ccccc1C1=NC(C(O)(c2ccccc2)c2ccccc2)C(C)C=C1. The highest BCUT2D eigenvalue weighted by Crippen LogP contribution is 2.40. The first-order valence-corrected chi connectivity index (χ1v) is 9.87. The van der Waals surface area contributed by atoms with Gasteiger partial charge in [-0.2, -0.15) is 0 Å². The number of ether oxygens (including phenoxy) is 1. The molecule has 0 radical (unpaired) electrons. The van der Waals surface area contributed by atoms with Crippen molar-refractivity contribution in [1.82, 2.24) is 0 Å². The Labute approximate surface area is 172 Å². The minimum Gasteiger partial charge on any atom is -0.496 e.